The van der Waals surface area contributed by atoms with Gasteiger partial charge in [-0.05, 0) is 0 Å². The highest BCUT2D eigenvalue weighted by Crippen LogP contribution is 2.00. The smallest absolute Gasteiger partial charge is 0.347 e. The average molecular weight is 162 g/mol. The summed E-state index contributed by atoms with van der Waals surface area (Å²) < 4.78 is 19.9. The SMILES string of the molecule is COC(=O)C(=CF)C(=O)OC. The van der Waals surface area contributed by atoms with Crippen LogP contribution in [0.1, 0.15) is 0 Å². The van der Waals surface area contributed by atoms with Gasteiger partial charge >= 0.3 is 11.9 Å². The fourth-order valence-corrected chi connectivity index (χ4v) is 0.392. The Balaban J connectivity index is 4.43. The van der Waals surface area contributed by atoms with Crippen molar-refractivity contribution in [3.63, 3.8) is 0 Å². The van der Waals surface area contributed by atoms with Crippen molar-refractivity contribution in [2.75, 3.05) is 14.2 Å². The molecule has 0 atom stereocenters. The van der Waals surface area contributed by atoms with Crippen LogP contribution in [0.25, 0.3) is 0 Å². The molecule has 0 aromatic rings. The molecule has 0 radical (unpaired) electrons. The zero-order valence-corrected chi connectivity index (χ0v) is 6.09. The molecule has 0 heterocycles. The first kappa shape index (κ1) is 9.61. The van der Waals surface area contributed by atoms with E-state index in [-0.39, 0.29) is 6.33 Å². The van der Waals surface area contributed by atoms with Crippen LogP contribution < -0.4 is 0 Å². The van der Waals surface area contributed by atoms with E-state index in [1.165, 1.54) is 0 Å². The van der Waals surface area contributed by atoms with Crippen molar-refractivity contribution in [1.82, 2.24) is 0 Å². The number of carbonyl (C=O) groups is 2. The lowest BCUT2D eigenvalue weighted by atomic mass is 10.3. The number of rotatable bonds is 2. The van der Waals surface area contributed by atoms with Crippen molar-refractivity contribution in [3.8, 4) is 0 Å². The molecule has 0 saturated heterocycles. The molecule has 0 amide bonds. The largest absolute Gasteiger partial charge is 0.465 e. The third-order valence-electron chi connectivity index (χ3n) is 0.920. The molecule has 0 unspecified atom stereocenters. The van der Waals surface area contributed by atoms with E-state index in [1.807, 2.05) is 0 Å². The highest BCUT2D eigenvalue weighted by atomic mass is 19.1. The Morgan fingerprint density at radius 2 is 1.55 bits per heavy atom. The third-order valence-corrected chi connectivity index (χ3v) is 0.920. The Bertz CT molecular complexity index is 179. The predicted octanol–water partition coefficient (Wildman–Crippen LogP) is 0.186. The lowest BCUT2D eigenvalue weighted by Gasteiger charge is -1.99. The Labute approximate surface area is 62.6 Å². The molecule has 0 rings (SSSR count). The molecular formula is C6H7FO4. The predicted molar refractivity (Wildman–Crippen MR) is 33.2 cm³/mol. The van der Waals surface area contributed by atoms with Crippen LogP contribution >= 0.6 is 0 Å². The van der Waals surface area contributed by atoms with Gasteiger partial charge in [0, 0.05) is 0 Å². The third kappa shape index (κ3) is 2.37. The van der Waals surface area contributed by atoms with E-state index in [0.717, 1.165) is 14.2 Å². The van der Waals surface area contributed by atoms with E-state index in [4.69, 9.17) is 0 Å². The maximum atomic E-state index is 11.8. The molecule has 0 aliphatic heterocycles. The van der Waals surface area contributed by atoms with E-state index in [0.29, 0.717) is 0 Å². The van der Waals surface area contributed by atoms with Gasteiger partial charge in [-0.15, -0.1) is 0 Å². The van der Waals surface area contributed by atoms with E-state index in [1.54, 1.807) is 0 Å². The zero-order valence-electron chi connectivity index (χ0n) is 6.09. The van der Waals surface area contributed by atoms with Crippen LogP contribution in [0.4, 0.5) is 4.39 Å². The highest BCUT2D eigenvalue weighted by Gasteiger charge is 2.19. The van der Waals surface area contributed by atoms with Gasteiger partial charge in [0.25, 0.3) is 0 Å². The standard InChI is InChI=1S/C6H7FO4/c1-10-5(8)4(3-7)6(9)11-2/h3H,1-2H3. The van der Waals surface area contributed by atoms with Crippen molar-refractivity contribution < 1.29 is 23.5 Å². The quantitative estimate of drug-likeness (QED) is 0.251. The first-order chi connectivity index (χ1) is 5.17. The van der Waals surface area contributed by atoms with Gasteiger partial charge in [-0.25, -0.2) is 14.0 Å². The summed E-state index contributed by atoms with van der Waals surface area (Å²) in [6, 6.07) is 0. The van der Waals surface area contributed by atoms with Crippen molar-refractivity contribution >= 4 is 11.9 Å². The van der Waals surface area contributed by atoms with Crippen molar-refractivity contribution in [2.45, 2.75) is 0 Å². The molecule has 0 fully saturated rings. The van der Waals surface area contributed by atoms with Crippen molar-refractivity contribution in [3.05, 3.63) is 11.9 Å². The Morgan fingerprint density at radius 3 is 1.73 bits per heavy atom. The minimum atomic E-state index is -1.06. The first-order valence-corrected chi connectivity index (χ1v) is 2.64. The molecule has 0 aliphatic rings. The van der Waals surface area contributed by atoms with E-state index >= 15 is 0 Å². The molecule has 0 spiro atoms. The molecule has 0 N–H and O–H groups in total. The number of halogens is 1. The lowest BCUT2D eigenvalue weighted by molar-refractivity contribution is -0.144. The van der Waals surface area contributed by atoms with Crippen LogP contribution in [-0.4, -0.2) is 26.2 Å². The van der Waals surface area contributed by atoms with Gasteiger partial charge < -0.3 is 9.47 Å². The van der Waals surface area contributed by atoms with Crippen LogP contribution in [0.15, 0.2) is 11.9 Å². The second kappa shape index (κ2) is 4.43. The van der Waals surface area contributed by atoms with Crippen LogP contribution in [-0.2, 0) is 19.1 Å². The molecule has 0 bridgehead atoms. The Hall–Kier alpha value is -1.39. The number of esters is 2. The van der Waals surface area contributed by atoms with Gasteiger partial charge in [0.05, 0.1) is 14.2 Å². The first-order valence-electron chi connectivity index (χ1n) is 2.64. The minimum absolute atomic E-state index is 0.155. The van der Waals surface area contributed by atoms with Crippen molar-refractivity contribution in [1.29, 1.82) is 0 Å². The van der Waals surface area contributed by atoms with Gasteiger partial charge in [0.15, 0.2) is 5.57 Å². The second-order valence-electron chi connectivity index (χ2n) is 1.51. The summed E-state index contributed by atoms with van der Waals surface area (Å²) in [6.07, 6.45) is -0.155. The molecule has 4 nitrogen and oxygen atoms in total. The van der Waals surface area contributed by atoms with Gasteiger partial charge in [-0.1, -0.05) is 0 Å². The van der Waals surface area contributed by atoms with E-state index in [9.17, 15) is 14.0 Å². The fraction of sp³-hybridized carbons (Fsp3) is 0.333. The number of carbonyl (C=O) groups excluding carboxylic acids is 2. The Kier molecular flexibility index (Phi) is 3.87. The summed E-state index contributed by atoms with van der Waals surface area (Å²) >= 11 is 0. The summed E-state index contributed by atoms with van der Waals surface area (Å²) in [5.74, 6) is -2.11. The molecule has 0 aromatic heterocycles. The number of methoxy groups -OCH3 is 2. The maximum Gasteiger partial charge on any atom is 0.347 e. The fourth-order valence-electron chi connectivity index (χ4n) is 0.392. The summed E-state index contributed by atoms with van der Waals surface area (Å²) in [5, 5.41) is 0. The summed E-state index contributed by atoms with van der Waals surface area (Å²) in [4.78, 5) is 21.0. The van der Waals surface area contributed by atoms with E-state index in [2.05, 4.69) is 9.47 Å². The molecule has 0 aromatic carbocycles. The van der Waals surface area contributed by atoms with E-state index < -0.39 is 17.5 Å². The van der Waals surface area contributed by atoms with Crippen LogP contribution in [0, 0.1) is 0 Å². The topological polar surface area (TPSA) is 52.6 Å². The maximum absolute atomic E-state index is 11.8. The Morgan fingerprint density at radius 1 is 1.18 bits per heavy atom. The molecule has 11 heavy (non-hydrogen) atoms. The average Bonchev–Trinajstić information content (AvgIpc) is 2.05. The summed E-state index contributed by atoms with van der Waals surface area (Å²) in [6.45, 7) is 0. The van der Waals surface area contributed by atoms with Crippen LogP contribution in [0.5, 0.6) is 0 Å². The summed E-state index contributed by atoms with van der Waals surface area (Å²) in [7, 11) is 2.07. The minimum Gasteiger partial charge on any atom is -0.465 e. The van der Waals surface area contributed by atoms with Gasteiger partial charge in [-0.3, -0.25) is 0 Å². The van der Waals surface area contributed by atoms with Crippen LogP contribution in [0.3, 0.4) is 0 Å². The van der Waals surface area contributed by atoms with Crippen LogP contribution in [0.2, 0.25) is 0 Å². The van der Waals surface area contributed by atoms with Crippen molar-refractivity contribution in [2.24, 2.45) is 0 Å². The van der Waals surface area contributed by atoms with Gasteiger partial charge in [0.1, 0.15) is 6.33 Å². The normalized spacial score (nSPS) is 8.27. The number of ether oxygens (including phenoxy) is 2. The second-order valence-corrected chi connectivity index (χ2v) is 1.51. The number of hydrogen-bond acceptors (Lipinski definition) is 4. The zero-order chi connectivity index (χ0) is 8.85. The lowest BCUT2D eigenvalue weighted by Crippen LogP contribution is -2.15. The molecule has 62 valence electrons. The molecule has 0 aliphatic carbocycles. The highest BCUT2D eigenvalue weighted by molar-refractivity contribution is 6.13. The number of hydrogen-bond donors (Lipinski definition) is 0. The summed E-state index contributed by atoms with van der Waals surface area (Å²) in [5.41, 5.74) is -0.755. The van der Waals surface area contributed by atoms with Gasteiger partial charge in [0.2, 0.25) is 0 Å². The molecule has 5 heteroatoms. The molecule has 0 saturated carbocycles. The molecular weight excluding hydrogens is 155 g/mol. The van der Waals surface area contributed by atoms with Gasteiger partial charge in [-0.2, -0.15) is 0 Å². The monoisotopic (exact) mass is 162 g/mol.